The second kappa shape index (κ2) is 7.50. The summed E-state index contributed by atoms with van der Waals surface area (Å²) in [6.45, 7) is 13.6. The van der Waals surface area contributed by atoms with Gasteiger partial charge in [0.2, 0.25) is 0 Å². The number of esters is 1. The Kier molecular flexibility index (Phi) is 5.29. The van der Waals surface area contributed by atoms with Crippen molar-refractivity contribution in [3.63, 3.8) is 0 Å². The number of hydrogen-bond acceptors (Lipinski definition) is 3. The molecule has 5 aliphatic rings. The van der Waals surface area contributed by atoms with Crippen LogP contribution < -0.4 is 5.32 Å². The van der Waals surface area contributed by atoms with Crippen LogP contribution in [-0.4, -0.2) is 29.5 Å². The summed E-state index contributed by atoms with van der Waals surface area (Å²) in [5.74, 6) is 0.141. The van der Waals surface area contributed by atoms with E-state index >= 15 is 0 Å². The number of nitrogens with one attached hydrogen (secondary N) is 1. The highest BCUT2D eigenvalue weighted by molar-refractivity contribution is 6.31. The quantitative estimate of drug-likeness (QED) is 0.466. The number of carbonyl (C=O) groups is 2. The average Bonchev–Trinajstić information content (AvgIpc) is 2.90. The molecule has 190 valence electrons. The third-order valence-electron chi connectivity index (χ3n) is 9.48. The van der Waals surface area contributed by atoms with Gasteiger partial charge in [-0.25, -0.2) is 4.79 Å². The minimum absolute atomic E-state index is 0.0131. The topological polar surface area (TPSA) is 58.6 Å². The lowest BCUT2D eigenvalue weighted by atomic mass is 9.38. The lowest BCUT2D eigenvalue weighted by Crippen LogP contribution is -2.78. The maximum atomic E-state index is 13.6. The molecule has 2 atom stereocenters. The number of aryl methyl sites for hydroxylation is 1. The predicted octanol–water partition coefficient (Wildman–Crippen LogP) is 6.58. The SMILES string of the molecule is COC(=O)C12CC(N3C=C4C(C)C(C)(C)CC4(c4ccc(CCC(C)(C)C)c(Cl)c4)NC3=O)(C1)C2. The summed E-state index contributed by atoms with van der Waals surface area (Å²) in [7, 11) is 1.45. The van der Waals surface area contributed by atoms with Gasteiger partial charge in [0.15, 0.2) is 0 Å². The van der Waals surface area contributed by atoms with Gasteiger partial charge in [-0.1, -0.05) is 65.3 Å². The van der Waals surface area contributed by atoms with Crippen LogP contribution in [0.3, 0.4) is 0 Å². The van der Waals surface area contributed by atoms with Crippen molar-refractivity contribution in [2.45, 2.75) is 91.1 Å². The first-order valence-corrected chi connectivity index (χ1v) is 13.3. The lowest BCUT2D eigenvalue weighted by molar-refractivity contribution is -0.218. The highest BCUT2D eigenvalue weighted by Crippen LogP contribution is 2.71. The van der Waals surface area contributed by atoms with Gasteiger partial charge in [0.1, 0.15) is 0 Å². The number of halogens is 1. The van der Waals surface area contributed by atoms with Crippen LogP contribution in [0.25, 0.3) is 0 Å². The maximum absolute atomic E-state index is 13.6. The number of rotatable bonds is 5. The first-order valence-electron chi connectivity index (χ1n) is 12.9. The van der Waals surface area contributed by atoms with Crippen LogP contribution >= 0.6 is 11.6 Å². The Morgan fingerprint density at radius 2 is 1.86 bits per heavy atom. The van der Waals surface area contributed by atoms with E-state index in [1.807, 2.05) is 4.90 Å². The van der Waals surface area contributed by atoms with E-state index in [9.17, 15) is 9.59 Å². The van der Waals surface area contributed by atoms with Gasteiger partial charge in [-0.3, -0.25) is 9.69 Å². The first-order chi connectivity index (χ1) is 16.2. The number of amides is 2. The molecule has 0 radical (unpaired) electrons. The van der Waals surface area contributed by atoms with Gasteiger partial charge in [-0.15, -0.1) is 0 Å². The number of hydrogen-bond donors (Lipinski definition) is 1. The van der Waals surface area contributed by atoms with Crippen LogP contribution in [0.2, 0.25) is 5.02 Å². The summed E-state index contributed by atoms with van der Waals surface area (Å²) in [6.07, 6.45) is 6.98. The van der Waals surface area contributed by atoms with Gasteiger partial charge < -0.3 is 10.1 Å². The zero-order chi connectivity index (χ0) is 25.6. The molecule has 6 rings (SSSR count). The first kappa shape index (κ1) is 24.7. The Morgan fingerprint density at radius 3 is 2.43 bits per heavy atom. The van der Waals surface area contributed by atoms with E-state index in [-0.39, 0.29) is 39.7 Å². The van der Waals surface area contributed by atoms with Crippen molar-refractivity contribution in [1.29, 1.82) is 0 Å². The molecule has 4 fully saturated rings. The number of urea groups is 1. The Bertz CT molecular complexity index is 1110. The molecule has 2 bridgehead atoms. The Hall–Kier alpha value is -2.01. The highest BCUT2D eigenvalue weighted by Gasteiger charge is 2.76. The van der Waals surface area contributed by atoms with E-state index in [0.717, 1.165) is 35.4 Å². The van der Waals surface area contributed by atoms with Gasteiger partial charge in [0.25, 0.3) is 0 Å². The van der Waals surface area contributed by atoms with E-state index in [0.29, 0.717) is 19.3 Å². The fraction of sp³-hybridized carbons (Fsp3) is 0.655. The predicted molar refractivity (Wildman–Crippen MR) is 138 cm³/mol. The van der Waals surface area contributed by atoms with Crippen molar-refractivity contribution < 1.29 is 14.3 Å². The highest BCUT2D eigenvalue weighted by atomic mass is 35.5. The zero-order valence-electron chi connectivity index (χ0n) is 22.2. The van der Waals surface area contributed by atoms with Crippen LogP contribution in [0.1, 0.15) is 84.8 Å². The summed E-state index contributed by atoms with van der Waals surface area (Å²) in [4.78, 5) is 27.7. The smallest absolute Gasteiger partial charge is 0.322 e. The van der Waals surface area contributed by atoms with Crippen LogP contribution in [0, 0.1) is 22.2 Å². The molecule has 2 amide bonds. The lowest BCUT2D eigenvalue weighted by Gasteiger charge is -2.71. The molecule has 1 heterocycles. The van der Waals surface area contributed by atoms with Gasteiger partial charge >= 0.3 is 12.0 Å². The molecule has 0 aromatic heterocycles. The molecule has 1 N–H and O–H groups in total. The molecule has 6 heteroatoms. The monoisotopic (exact) mass is 498 g/mol. The number of nitrogens with zero attached hydrogens (tertiary/aromatic N) is 1. The third-order valence-corrected chi connectivity index (χ3v) is 9.83. The Balaban J connectivity index is 1.48. The van der Waals surface area contributed by atoms with Crippen LogP contribution in [0.4, 0.5) is 4.79 Å². The second-order valence-corrected chi connectivity index (χ2v) is 14.0. The van der Waals surface area contributed by atoms with Crippen LogP contribution in [-0.2, 0) is 21.5 Å². The van der Waals surface area contributed by atoms with E-state index < -0.39 is 5.54 Å². The van der Waals surface area contributed by atoms with Crippen molar-refractivity contribution in [1.82, 2.24) is 10.2 Å². The molecule has 1 aromatic carbocycles. The molecule has 1 aromatic rings. The van der Waals surface area contributed by atoms with Gasteiger partial charge in [-0.05, 0) is 78.0 Å². The largest absolute Gasteiger partial charge is 0.469 e. The van der Waals surface area contributed by atoms with E-state index in [1.165, 1.54) is 12.7 Å². The molecule has 4 aliphatic carbocycles. The van der Waals surface area contributed by atoms with E-state index in [4.69, 9.17) is 16.3 Å². The van der Waals surface area contributed by atoms with E-state index in [2.05, 4.69) is 71.3 Å². The molecular formula is C29H39ClN2O3. The minimum atomic E-state index is -0.563. The van der Waals surface area contributed by atoms with Gasteiger partial charge in [0, 0.05) is 11.2 Å². The molecule has 0 spiro atoms. The summed E-state index contributed by atoms with van der Waals surface area (Å²) < 4.78 is 5.01. The van der Waals surface area contributed by atoms with Crippen LogP contribution in [0.5, 0.6) is 0 Å². The molecule has 5 nitrogen and oxygen atoms in total. The van der Waals surface area contributed by atoms with Gasteiger partial charge in [0.05, 0.1) is 23.6 Å². The second-order valence-electron chi connectivity index (χ2n) is 13.6. The van der Waals surface area contributed by atoms with Gasteiger partial charge in [-0.2, -0.15) is 0 Å². The minimum Gasteiger partial charge on any atom is -0.469 e. The maximum Gasteiger partial charge on any atom is 0.322 e. The number of methoxy groups -OCH3 is 1. The third kappa shape index (κ3) is 3.55. The standard InChI is InChI=1S/C29H39ClN2O3/c1-18-21-13-32(28-15-27(16-28,17-28)23(33)35-7)24(34)31-29(21,14-26(18,5)6)20-9-8-19(22(30)12-20)10-11-25(2,3)4/h8-9,12-13,18H,10-11,14-17H2,1-7H3,(H,31,34). The van der Waals surface area contributed by atoms with Crippen molar-refractivity contribution in [3.8, 4) is 0 Å². The summed E-state index contributed by atoms with van der Waals surface area (Å²) >= 11 is 6.82. The molecule has 0 saturated heterocycles. The normalized spacial score (nSPS) is 34.9. The van der Waals surface area contributed by atoms with Crippen LogP contribution in [0.15, 0.2) is 30.0 Å². The molecule has 4 saturated carbocycles. The van der Waals surface area contributed by atoms with Crippen molar-refractivity contribution >= 4 is 23.6 Å². The summed E-state index contributed by atoms with van der Waals surface area (Å²) in [6, 6.07) is 6.30. The average molecular weight is 499 g/mol. The number of ether oxygens (including phenoxy) is 1. The fourth-order valence-corrected chi connectivity index (χ4v) is 7.42. The molecule has 35 heavy (non-hydrogen) atoms. The Morgan fingerprint density at radius 1 is 1.20 bits per heavy atom. The summed E-state index contributed by atoms with van der Waals surface area (Å²) in [5.41, 5.74) is 2.49. The van der Waals surface area contributed by atoms with E-state index in [1.54, 1.807) is 0 Å². The number of carbonyl (C=O) groups excluding carboxylic acids is 2. The van der Waals surface area contributed by atoms with Crippen molar-refractivity contribution in [3.05, 3.63) is 46.1 Å². The molecule has 2 unspecified atom stereocenters. The number of fused-ring (bicyclic) bond motifs is 1. The fourth-order valence-electron chi connectivity index (χ4n) is 7.15. The number of benzene rings is 1. The zero-order valence-corrected chi connectivity index (χ0v) is 22.9. The summed E-state index contributed by atoms with van der Waals surface area (Å²) in [5, 5.41) is 4.22. The molecular weight excluding hydrogens is 460 g/mol. The van der Waals surface area contributed by atoms with Crippen molar-refractivity contribution in [2.24, 2.45) is 22.2 Å². The van der Waals surface area contributed by atoms with Crippen molar-refractivity contribution in [2.75, 3.05) is 7.11 Å². The molecule has 1 aliphatic heterocycles. The Labute approximate surface area is 214 Å².